The number of carbonyl (C=O) groups is 1. The van der Waals surface area contributed by atoms with Crippen LogP contribution < -0.4 is 34.6 Å². The maximum absolute atomic E-state index is 13.4. The average molecular weight is 1130 g/mol. The van der Waals surface area contributed by atoms with Crippen LogP contribution in [0.1, 0.15) is 42.2 Å². The zero-order valence-corrected chi connectivity index (χ0v) is 47.5. The number of rotatable bonds is 23. The van der Waals surface area contributed by atoms with Crippen LogP contribution in [0.15, 0.2) is 176 Å². The summed E-state index contributed by atoms with van der Waals surface area (Å²) in [6.45, 7) is 2.96. The average Bonchev–Trinajstić information content (AvgIpc) is 4.34. The lowest BCUT2D eigenvalue weighted by Gasteiger charge is -2.37. The van der Waals surface area contributed by atoms with E-state index >= 15 is 0 Å². The summed E-state index contributed by atoms with van der Waals surface area (Å²) in [5.41, 5.74) is 1.90. The highest BCUT2D eigenvalue weighted by molar-refractivity contribution is 7.45. The normalized spacial score (nSPS) is 20.9. The van der Waals surface area contributed by atoms with Gasteiger partial charge in [0.05, 0.1) is 45.7 Å². The Morgan fingerprint density at radius 1 is 0.753 bits per heavy atom. The van der Waals surface area contributed by atoms with Crippen molar-refractivity contribution in [2.24, 2.45) is 0 Å². The van der Waals surface area contributed by atoms with Gasteiger partial charge in [-0.2, -0.15) is 15.2 Å². The molecule has 3 aliphatic heterocycles. The van der Waals surface area contributed by atoms with Crippen molar-refractivity contribution >= 4 is 50.0 Å². The number of nitrogens with one attached hydrogen (secondary N) is 1. The molecule has 3 aliphatic rings. The van der Waals surface area contributed by atoms with E-state index in [1.165, 1.54) is 10.4 Å². The van der Waals surface area contributed by atoms with Gasteiger partial charge in [0.15, 0.2) is 24.0 Å². The molecule has 416 valence electrons. The fourth-order valence-electron chi connectivity index (χ4n) is 11.4. The van der Waals surface area contributed by atoms with E-state index in [0.29, 0.717) is 17.2 Å². The number of fused-ring (bicyclic) bond motifs is 2. The minimum atomic E-state index is -2.37. The van der Waals surface area contributed by atoms with Crippen LogP contribution in [0.25, 0.3) is 11.2 Å². The van der Waals surface area contributed by atoms with Crippen LogP contribution in [0, 0.1) is 11.3 Å². The van der Waals surface area contributed by atoms with E-state index in [9.17, 15) is 10.1 Å². The second-order valence-corrected chi connectivity index (χ2v) is 25.9. The Balaban J connectivity index is 0.982. The summed E-state index contributed by atoms with van der Waals surface area (Å²) in [5.74, 6) is 1.40. The minimum Gasteiger partial charge on any atom is -0.497 e. The summed E-state index contributed by atoms with van der Waals surface area (Å²) in [6, 6.07) is 59.7. The van der Waals surface area contributed by atoms with Crippen molar-refractivity contribution < 1.29 is 47.0 Å². The molecule has 6 aromatic carbocycles. The van der Waals surface area contributed by atoms with Crippen LogP contribution in [0.5, 0.6) is 23.1 Å². The molecule has 3 fully saturated rings. The summed E-state index contributed by atoms with van der Waals surface area (Å²) in [4.78, 5) is 27.6. The summed E-state index contributed by atoms with van der Waals surface area (Å²) in [5, 5.41) is 14.9. The van der Waals surface area contributed by atoms with Gasteiger partial charge in [-0.3, -0.25) is 14.7 Å². The molecule has 0 saturated carbocycles. The zero-order valence-electron chi connectivity index (χ0n) is 45.6. The fourth-order valence-corrected chi connectivity index (χ4v) is 17.3. The highest BCUT2D eigenvalue weighted by atomic mass is 31.2. The smallest absolute Gasteiger partial charge is 0.264 e. The Hall–Kier alpha value is -7.56. The number of hydrogen-bond acceptors (Lipinski definition) is 15. The molecule has 8 aromatic rings. The predicted molar refractivity (Wildman–Crippen MR) is 310 cm³/mol. The number of nitrogens with zero attached hydrogens (tertiary/aromatic N) is 6. The molecule has 1 amide bonds. The van der Waals surface area contributed by atoms with E-state index in [1.807, 2.05) is 84.9 Å². The number of anilines is 1. The first-order chi connectivity index (χ1) is 39.7. The molecule has 0 bridgehead atoms. The molecule has 7 atom stereocenters. The van der Waals surface area contributed by atoms with Gasteiger partial charge in [0.25, 0.3) is 14.4 Å². The van der Waals surface area contributed by atoms with Crippen LogP contribution in [0.2, 0.25) is 12.6 Å². The molecular weight excluding hydrogens is 1060 g/mol. The molecule has 2 aromatic heterocycles. The van der Waals surface area contributed by atoms with Crippen LogP contribution in [-0.2, 0) is 33.7 Å². The summed E-state index contributed by atoms with van der Waals surface area (Å²) < 4.78 is 63.6. The monoisotopic (exact) mass is 1130 g/mol. The number of hydrogen-bond donors (Lipinski definition) is 1. The maximum Gasteiger partial charge on any atom is 0.264 e. The number of carbonyl (C=O) groups excluding carboxylic acids is 1. The molecule has 0 radical (unpaired) electrons. The van der Waals surface area contributed by atoms with Gasteiger partial charge >= 0.3 is 0 Å². The van der Waals surface area contributed by atoms with Crippen molar-refractivity contribution in [3.63, 3.8) is 0 Å². The third-order valence-corrected chi connectivity index (χ3v) is 21.7. The molecule has 5 heterocycles. The molecular formula is C62H64N7O10PSi. The Labute approximate surface area is 473 Å². The highest BCUT2D eigenvalue weighted by Crippen LogP contribution is 2.59. The van der Waals surface area contributed by atoms with Crippen LogP contribution >= 0.6 is 8.53 Å². The standard InChI is InChI=1S/C62H64N7O10PSi/c1-71-46-32-28-44(29-33-46)62(43-19-9-5-10-20-43,45-30-34-47(72-2)35-31-45)76-39-52-56(79-80-69-37-17-27-51(69)53(78-80)41-81(4,49-23-13-7-14-24-49)50-25-15-8-16-26-50)57(73-3)60(77-52)68-42-64-55-58(68)66-61(67-59(55)74-38-18-36-63)65-54(70)40-75-48-21-11-6-12-22-48/h5-16,19-26,28-35,42,51-53,56-57,60H,17-18,27,37-41H2,1-4H3,(H,65,66,67,70)/t51-,52-,53+,56-,57-,60-,80-/m1/s1. The van der Waals surface area contributed by atoms with E-state index in [4.69, 9.17) is 52.2 Å². The first-order valence-electron chi connectivity index (χ1n) is 27.1. The summed E-state index contributed by atoms with van der Waals surface area (Å²) in [6.07, 6.45) is 0.197. The number of methoxy groups -OCH3 is 3. The van der Waals surface area contributed by atoms with E-state index in [0.717, 1.165) is 42.1 Å². The van der Waals surface area contributed by atoms with Gasteiger partial charge < -0.3 is 42.2 Å². The Morgan fingerprint density at radius 3 is 1.96 bits per heavy atom. The number of benzene rings is 6. The van der Waals surface area contributed by atoms with Crippen LogP contribution in [-0.4, -0.2) is 116 Å². The molecule has 0 spiro atoms. The van der Waals surface area contributed by atoms with E-state index in [2.05, 4.69) is 100 Å². The number of para-hydroxylation sites is 1. The molecule has 81 heavy (non-hydrogen) atoms. The Bertz CT molecular complexity index is 3320. The summed E-state index contributed by atoms with van der Waals surface area (Å²) >= 11 is 0. The van der Waals surface area contributed by atoms with Crippen molar-refractivity contribution in [1.29, 1.82) is 5.26 Å². The van der Waals surface area contributed by atoms with Gasteiger partial charge in [-0.15, -0.1) is 0 Å². The lowest BCUT2D eigenvalue weighted by molar-refractivity contribution is -0.118. The van der Waals surface area contributed by atoms with Crippen molar-refractivity contribution in [1.82, 2.24) is 24.2 Å². The molecule has 1 N–H and O–H groups in total. The van der Waals surface area contributed by atoms with E-state index in [1.54, 1.807) is 44.4 Å². The quantitative estimate of drug-likeness (QED) is 0.0276. The second kappa shape index (κ2) is 25.1. The number of ether oxygens (including phenoxy) is 7. The van der Waals surface area contributed by atoms with Crippen LogP contribution in [0.3, 0.4) is 0 Å². The van der Waals surface area contributed by atoms with Gasteiger partial charge in [-0.1, -0.05) is 150 Å². The lowest BCUT2D eigenvalue weighted by atomic mass is 9.80. The third kappa shape index (κ3) is 11.5. The number of nitriles is 1. The predicted octanol–water partition coefficient (Wildman–Crippen LogP) is 9.44. The molecule has 11 rings (SSSR count). The van der Waals surface area contributed by atoms with Crippen molar-refractivity contribution in [2.45, 2.75) is 74.1 Å². The lowest BCUT2D eigenvalue weighted by Crippen LogP contribution is -2.58. The van der Waals surface area contributed by atoms with E-state index in [-0.39, 0.29) is 61.4 Å². The first-order valence-corrected chi connectivity index (χ1v) is 31.0. The largest absolute Gasteiger partial charge is 0.497 e. The zero-order chi connectivity index (χ0) is 55.8. The number of imidazole rings is 1. The topological polar surface area (TPSA) is 183 Å². The number of aromatic nitrogens is 4. The SMILES string of the molecule is COc1ccc(C(OC[C@H]2O[C@@H](n3cnc4c(OCCC#N)nc(NC(=O)COc5ccccc5)nc43)[C@H](OC)[C@@H]2O[P@@]2O[C@@H](C[Si](C)(c3ccccc3)c3ccccc3)[C@H]3CCCN32)(c2ccccc2)c2ccc(OC)cc2)cc1. The van der Waals surface area contributed by atoms with Crippen molar-refractivity contribution in [3.05, 3.63) is 193 Å². The van der Waals surface area contributed by atoms with Crippen molar-refractivity contribution in [3.8, 4) is 29.2 Å². The Morgan fingerprint density at radius 2 is 1.36 bits per heavy atom. The van der Waals surface area contributed by atoms with Crippen LogP contribution in [0.4, 0.5) is 5.95 Å². The fraction of sp³-hybridized carbons (Fsp3) is 0.306. The number of amides is 1. The maximum atomic E-state index is 13.4. The van der Waals surface area contributed by atoms with Crippen molar-refractivity contribution in [2.75, 3.05) is 53.0 Å². The molecule has 3 saturated heterocycles. The van der Waals surface area contributed by atoms with Gasteiger partial charge in [-0.05, 0) is 72.0 Å². The minimum absolute atomic E-state index is 0.0101. The van der Waals surface area contributed by atoms with Gasteiger partial charge in [0, 0.05) is 19.7 Å². The first kappa shape index (κ1) is 55.3. The molecule has 17 nitrogen and oxygen atoms in total. The molecule has 0 unspecified atom stereocenters. The highest BCUT2D eigenvalue weighted by Gasteiger charge is 2.55. The third-order valence-electron chi connectivity index (χ3n) is 15.5. The molecule has 0 aliphatic carbocycles. The van der Waals surface area contributed by atoms with Gasteiger partial charge in [0.1, 0.15) is 55.8 Å². The molecule has 19 heteroatoms. The van der Waals surface area contributed by atoms with Gasteiger partial charge in [0.2, 0.25) is 11.8 Å². The van der Waals surface area contributed by atoms with Gasteiger partial charge in [-0.25, -0.2) is 9.65 Å². The summed E-state index contributed by atoms with van der Waals surface area (Å²) in [7, 11) is 0.885. The second-order valence-electron chi connectivity index (χ2n) is 20.3. The Kier molecular flexibility index (Phi) is 17.1. The van der Waals surface area contributed by atoms with E-state index < -0.39 is 52.6 Å².